The summed E-state index contributed by atoms with van der Waals surface area (Å²) >= 11 is 1.64. The number of para-hydroxylation sites is 2. The Morgan fingerprint density at radius 3 is 2.47 bits per heavy atom. The van der Waals surface area contributed by atoms with Crippen LogP contribution in [0.25, 0.3) is 11.0 Å². The van der Waals surface area contributed by atoms with Crippen LogP contribution < -0.4 is 10.6 Å². The van der Waals surface area contributed by atoms with E-state index in [4.69, 9.17) is 0 Å². The average molecular weight is 471 g/mol. The number of carbonyl (C=O) groups excluding carboxylic acids is 2. The van der Waals surface area contributed by atoms with Gasteiger partial charge in [0.15, 0.2) is 5.16 Å². The summed E-state index contributed by atoms with van der Waals surface area (Å²) in [5, 5.41) is 6.87. The van der Waals surface area contributed by atoms with Crippen LogP contribution in [-0.2, 0) is 10.5 Å². The van der Waals surface area contributed by atoms with Gasteiger partial charge in [-0.2, -0.15) is 0 Å². The summed E-state index contributed by atoms with van der Waals surface area (Å²) in [6, 6.07) is 23.1. The average Bonchev–Trinajstić information content (AvgIpc) is 3.63. The molecule has 2 amide bonds. The number of amides is 2. The van der Waals surface area contributed by atoms with E-state index in [0.717, 1.165) is 51.6 Å². The lowest BCUT2D eigenvalue weighted by Gasteiger charge is -2.15. The van der Waals surface area contributed by atoms with Crippen molar-refractivity contribution >= 4 is 40.3 Å². The zero-order valence-corrected chi connectivity index (χ0v) is 19.7. The summed E-state index contributed by atoms with van der Waals surface area (Å²) in [5.74, 6) is 0.915. The van der Waals surface area contributed by atoms with Crippen molar-refractivity contribution in [2.24, 2.45) is 5.92 Å². The maximum Gasteiger partial charge on any atom is 0.251 e. The molecular formula is C27H26N4O2S. The number of thioether (sulfide) groups is 1. The molecule has 0 bridgehead atoms. The first kappa shape index (κ1) is 22.2. The van der Waals surface area contributed by atoms with Crippen LogP contribution in [0.5, 0.6) is 0 Å². The van der Waals surface area contributed by atoms with Gasteiger partial charge < -0.3 is 15.6 Å². The van der Waals surface area contributed by atoms with Crippen molar-refractivity contribution in [3.8, 4) is 0 Å². The number of carbonyl (C=O) groups is 2. The first-order chi connectivity index (χ1) is 16.5. The molecule has 4 aromatic rings. The minimum absolute atomic E-state index is 0.0912. The highest BCUT2D eigenvalue weighted by atomic mass is 32.2. The summed E-state index contributed by atoms with van der Waals surface area (Å²) < 4.78 is 0. The monoisotopic (exact) mass is 470 g/mol. The second-order valence-electron chi connectivity index (χ2n) is 8.63. The van der Waals surface area contributed by atoms with Gasteiger partial charge in [-0.3, -0.25) is 9.59 Å². The van der Waals surface area contributed by atoms with E-state index in [1.165, 1.54) is 0 Å². The number of fused-ring (bicyclic) bond motifs is 1. The Hall–Kier alpha value is -3.58. The fourth-order valence-electron chi connectivity index (χ4n) is 3.71. The van der Waals surface area contributed by atoms with Gasteiger partial charge in [0, 0.05) is 22.9 Å². The molecule has 6 nitrogen and oxygen atoms in total. The van der Waals surface area contributed by atoms with Crippen molar-refractivity contribution in [1.82, 2.24) is 15.3 Å². The Kier molecular flexibility index (Phi) is 6.36. The minimum Gasteiger partial charge on any atom is -0.346 e. The number of rotatable bonds is 8. The largest absolute Gasteiger partial charge is 0.346 e. The summed E-state index contributed by atoms with van der Waals surface area (Å²) in [6.07, 6.45) is 1.96. The van der Waals surface area contributed by atoms with Crippen LogP contribution in [0, 0.1) is 5.92 Å². The number of hydrogen-bond donors (Lipinski definition) is 3. The molecule has 0 radical (unpaired) electrons. The van der Waals surface area contributed by atoms with E-state index in [1.807, 2.05) is 79.7 Å². The molecule has 1 atom stereocenters. The van der Waals surface area contributed by atoms with Crippen molar-refractivity contribution in [3.05, 3.63) is 89.5 Å². The van der Waals surface area contributed by atoms with Crippen molar-refractivity contribution < 1.29 is 9.59 Å². The molecule has 1 unspecified atom stereocenters. The number of aromatic amines is 1. The maximum atomic E-state index is 12.7. The number of nitrogens with zero attached hydrogens (tertiary/aromatic N) is 1. The summed E-state index contributed by atoms with van der Waals surface area (Å²) in [4.78, 5) is 32.5. The Morgan fingerprint density at radius 1 is 1.03 bits per heavy atom. The topological polar surface area (TPSA) is 86.9 Å². The van der Waals surface area contributed by atoms with E-state index < -0.39 is 0 Å². The van der Waals surface area contributed by atoms with Crippen molar-refractivity contribution in [3.63, 3.8) is 0 Å². The summed E-state index contributed by atoms with van der Waals surface area (Å²) in [6.45, 7) is 1.95. The third-order valence-corrected chi connectivity index (χ3v) is 6.88. The lowest BCUT2D eigenvalue weighted by atomic mass is 10.1. The van der Waals surface area contributed by atoms with Crippen LogP contribution in [0.2, 0.25) is 0 Å². The highest BCUT2D eigenvalue weighted by Crippen LogP contribution is 2.30. The molecule has 172 valence electrons. The third kappa shape index (κ3) is 5.31. The number of benzene rings is 3. The van der Waals surface area contributed by atoms with E-state index in [9.17, 15) is 9.59 Å². The van der Waals surface area contributed by atoms with E-state index >= 15 is 0 Å². The lowest BCUT2D eigenvalue weighted by molar-refractivity contribution is -0.117. The molecule has 1 heterocycles. The molecule has 0 spiro atoms. The van der Waals surface area contributed by atoms with Gasteiger partial charge in [-0.15, -0.1) is 0 Å². The zero-order chi connectivity index (χ0) is 23.5. The summed E-state index contributed by atoms with van der Waals surface area (Å²) in [5.41, 5.74) is 5.51. The van der Waals surface area contributed by atoms with E-state index in [1.54, 1.807) is 11.8 Å². The van der Waals surface area contributed by atoms with E-state index in [0.29, 0.717) is 5.56 Å². The summed E-state index contributed by atoms with van der Waals surface area (Å²) in [7, 11) is 0. The van der Waals surface area contributed by atoms with Crippen LogP contribution in [0.4, 0.5) is 5.69 Å². The molecule has 34 heavy (non-hydrogen) atoms. The van der Waals surface area contributed by atoms with Gasteiger partial charge in [0.25, 0.3) is 5.91 Å². The van der Waals surface area contributed by atoms with Gasteiger partial charge in [-0.1, -0.05) is 48.2 Å². The molecule has 1 aromatic heterocycles. The molecule has 1 aliphatic rings. The van der Waals surface area contributed by atoms with Crippen molar-refractivity contribution in [2.45, 2.75) is 36.7 Å². The Balaban J connectivity index is 1.14. The number of nitrogens with one attached hydrogen (secondary N) is 3. The Bertz CT molecular complexity index is 1280. The zero-order valence-electron chi connectivity index (χ0n) is 18.9. The molecule has 1 fully saturated rings. The molecule has 7 heteroatoms. The molecular weight excluding hydrogens is 444 g/mol. The fraction of sp³-hybridized carbons (Fsp3) is 0.222. The number of H-pyrrole nitrogens is 1. The normalized spacial score (nSPS) is 14.0. The first-order valence-corrected chi connectivity index (χ1v) is 12.4. The van der Waals surface area contributed by atoms with Gasteiger partial charge in [0.05, 0.1) is 17.1 Å². The fourth-order valence-corrected chi connectivity index (χ4v) is 4.55. The quantitative estimate of drug-likeness (QED) is 0.289. The van der Waals surface area contributed by atoms with Crippen LogP contribution in [-0.4, -0.2) is 21.8 Å². The van der Waals surface area contributed by atoms with Crippen LogP contribution in [0.3, 0.4) is 0 Å². The standard InChI is InChI=1S/C27H26N4O2S/c1-17(19-12-14-22(15-13-19)29-26(33)21-10-11-21)28-25(32)20-8-6-18(7-9-20)16-34-27-30-23-4-2-3-5-24(23)31-27/h2-9,12-15,17,21H,10-11,16H2,1H3,(H,28,32)(H,29,33)(H,30,31). The van der Waals surface area contributed by atoms with Crippen LogP contribution in [0.15, 0.2) is 78.0 Å². The number of hydrogen-bond acceptors (Lipinski definition) is 4. The molecule has 3 N–H and O–H groups in total. The van der Waals surface area contributed by atoms with E-state index in [2.05, 4.69) is 20.6 Å². The van der Waals surface area contributed by atoms with E-state index in [-0.39, 0.29) is 23.8 Å². The molecule has 3 aromatic carbocycles. The second kappa shape index (κ2) is 9.73. The molecule has 0 saturated heterocycles. The third-order valence-electron chi connectivity index (χ3n) is 5.93. The molecule has 1 saturated carbocycles. The highest BCUT2D eigenvalue weighted by molar-refractivity contribution is 7.98. The Labute approximate surface area is 202 Å². The van der Waals surface area contributed by atoms with Crippen molar-refractivity contribution in [1.29, 1.82) is 0 Å². The van der Waals surface area contributed by atoms with Crippen LogP contribution in [0.1, 0.15) is 47.3 Å². The van der Waals surface area contributed by atoms with Gasteiger partial charge in [0.1, 0.15) is 0 Å². The van der Waals surface area contributed by atoms with Gasteiger partial charge >= 0.3 is 0 Å². The number of imidazole rings is 1. The molecule has 5 rings (SSSR count). The Morgan fingerprint density at radius 2 is 1.76 bits per heavy atom. The molecule has 1 aliphatic carbocycles. The smallest absolute Gasteiger partial charge is 0.251 e. The first-order valence-electron chi connectivity index (χ1n) is 11.4. The van der Waals surface area contributed by atoms with Crippen LogP contribution >= 0.6 is 11.8 Å². The number of anilines is 1. The van der Waals surface area contributed by atoms with Gasteiger partial charge in [-0.05, 0) is 67.3 Å². The van der Waals surface area contributed by atoms with Crippen molar-refractivity contribution in [2.75, 3.05) is 5.32 Å². The SMILES string of the molecule is CC(NC(=O)c1ccc(CSc2nc3ccccc3[nH]2)cc1)c1ccc(NC(=O)C2CC2)cc1. The predicted molar refractivity (Wildman–Crippen MR) is 136 cm³/mol. The predicted octanol–water partition coefficient (Wildman–Crippen LogP) is 5.69. The number of aromatic nitrogens is 2. The van der Waals surface area contributed by atoms with Gasteiger partial charge in [0.2, 0.25) is 5.91 Å². The second-order valence-corrected chi connectivity index (χ2v) is 9.59. The minimum atomic E-state index is -0.149. The maximum absolute atomic E-state index is 12.7. The lowest BCUT2D eigenvalue weighted by Crippen LogP contribution is -2.26. The van der Waals surface area contributed by atoms with Gasteiger partial charge in [-0.25, -0.2) is 4.98 Å². The highest BCUT2D eigenvalue weighted by Gasteiger charge is 2.29. The molecule has 0 aliphatic heterocycles.